The molecule has 0 aliphatic carbocycles. The van der Waals surface area contributed by atoms with Gasteiger partial charge in [0.25, 0.3) is 0 Å². The van der Waals surface area contributed by atoms with Gasteiger partial charge in [0.05, 0.1) is 5.71 Å². The van der Waals surface area contributed by atoms with Gasteiger partial charge in [0.1, 0.15) is 0 Å². The summed E-state index contributed by atoms with van der Waals surface area (Å²) in [7, 11) is 0. The lowest BCUT2D eigenvalue weighted by atomic mass is 10.2. The van der Waals surface area contributed by atoms with Crippen molar-refractivity contribution in [3.05, 3.63) is 12.2 Å². The lowest BCUT2D eigenvalue weighted by Gasteiger charge is -1.96. The number of nitrogens with one attached hydrogen (secondary N) is 1. The lowest BCUT2D eigenvalue weighted by Crippen LogP contribution is -2.25. The average molecular weight is 141 g/mol. The fraction of sp³-hybridized carbons (Fsp3) is 0.333. The van der Waals surface area contributed by atoms with E-state index in [9.17, 15) is 4.79 Å². The number of urea groups is 1. The predicted octanol–water partition coefficient (Wildman–Crippen LogP) is 0.607. The monoisotopic (exact) mass is 141 g/mol. The second-order valence-corrected chi connectivity index (χ2v) is 1.95. The zero-order valence-corrected chi connectivity index (χ0v) is 6.14. The SMILES string of the molecule is C=C(C)/C(C)=N/NC(N)=O. The van der Waals surface area contributed by atoms with E-state index in [-0.39, 0.29) is 0 Å². The molecular weight excluding hydrogens is 130 g/mol. The first-order chi connectivity index (χ1) is 4.54. The van der Waals surface area contributed by atoms with E-state index in [1.54, 1.807) is 13.8 Å². The molecule has 0 atom stereocenters. The molecule has 0 heterocycles. The summed E-state index contributed by atoms with van der Waals surface area (Å²) in [6, 6.07) is -0.666. The maximum atomic E-state index is 10.1. The van der Waals surface area contributed by atoms with Crippen LogP contribution in [-0.4, -0.2) is 11.7 Å². The number of hydrogen-bond donors (Lipinski definition) is 2. The number of allylic oxidation sites excluding steroid dienone is 1. The van der Waals surface area contributed by atoms with Crippen molar-refractivity contribution >= 4 is 11.7 Å². The summed E-state index contributed by atoms with van der Waals surface area (Å²) in [5, 5.41) is 3.62. The molecule has 0 spiro atoms. The van der Waals surface area contributed by atoms with Gasteiger partial charge < -0.3 is 5.73 Å². The van der Waals surface area contributed by atoms with Crippen LogP contribution < -0.4 is 11.2 Å². The number of nitrogens with zero attached hydrogens (tertiary/aromatic N) is 1. The Kier molecular flexibility index (Phi) is 3.17. The fourth-order valence-corrected chi connectivity index (χ4v) is 0.234. The first-order valence-electron chi connectivity index (χ1n) is 2.79. The number of hydrogen-bond acceptors (Lipinski definition) is 2. The van der Waals surface area contributed by atoms with Gasteiger partial charge in [0.15, 0.2) is 0 Å². The van der Waals surface area contributed by atoms with Gasteiger partial charge in [0, 0.05) is 0 Å². The third-order valence-corrected chi connectivity index (χ3v) is 0.951. The first-order valence-corrected chi connectivity index (χ1v) is 2.79. The minimum atomic E-state index is -0.666. The molecule has 0 aromatic rings. The van der Waals surface area contributed by atoms with Crippen LogP contribution in [0, 0.1) is 0 Å². The Labute approximate surface area is 59.8 Å². The van der Waals surface area contributed by atoms with Crippen LogP contribution in [0.25, 0.3) is 0 Å². The molecule has 0 fully saturated rings. The van der Waals surface area contributed by atoms with Crippen molar-refractivity contribution in [2.75, 3.05) is 0 Å². The van der Waals surface area contributed by atoms with Crippen LogP contribution in [-0.2, 0) is 0 Å². The van der Waals surface area contributed by atoms with Gasteiger partial charge >= 0.3 is 6.03 Å². The Bertz CT molecular complexity index is 183. The number of nitrogens with two attached hydrogens (primary N) is 1. The van der Waals surface area contributed by atoms with E-state index in [1.165, 1.54) is 0 Å². The third-order valence-electron chi connectivity index (χ3n) is 0.951. The molecule has 0 aromatic carbocycles. The molecule has 0 aromatic heterocycles. The second kappa shape index (κ2) is 3.66. The molecule has 0 rings (SSSR count). The number of amides is 2. The quantitative estimate of drug-likeness (QED) is 0.429. The van der Waals surface area contributed by atoms with Crippen LogP contribution in [0.15, 0.2) is 17.3 Å². The van der Waals surface area contributed by atoms with Crippen LogP contribution >= 0.6 is 0 Å². The van der Waals surface area contributed by atoms with Crippen molar-refractivity contribution in [2.45, 2.75) is 13.8 Å². The van der Waals surface area contributed by atoms with Crippen molar-refractivity contribution in [1.82, 2.24) is 5.43 Å². The van der Waals surface area contributed by atoms with Gasteiger partial charge in [-0.05, 0) is 19.4 Å². The molecule has 0 saturated carbocycles. The smallest absolute Gasteiger partial charge is 0.332 e. The van der Waals surface area contributed by atoms with E-state index in [0.29, 0.717) is 5.71 Å². The van der Waals surface area contributed by atoms with Gasteiger partial charge in [0.2, 0.25) is 0 Å². The predicted molar refractivity (Wildman–Crippen MR) is 40.6 cm³/mol. The van der Waals surface area contributed by atoms with Gasteiger partial charge in [-0.1, -0.05) is 6.58 Å². The molecule has 0 unspecified atom stereocenters. The van der Waals surface area contributed by atoms with Crippen molar-refractivity contribution in [1.29, 1.82) is 0 Å². The summed E-state index contributed by atoms with van der Waals surface area (Å²) in [6.07, 6.45) is 0. The Morgan fingerprint density at radius 1 is 1.60 bits per heavy atom. The zero-order valence-electron chi connectivity index (χ0n) is 6.14. The van der Waals surface area contributed by atoms with Gasteiger partial charge in [-0.15, -0.1) is 0 Å². The maximum Gasteiger partial charge on any atom is 0.332 e. The summed E-state index contributed by atoms with van der Waals surface area (Å²) in [5.41, 5.74) is 8.31. The van der Waals surface area contributed by atoms with E-state index in [0.717, 1.165) is 5.57 Å². The van der Waals surface area contributed by atoms with E-state index < -0.39 is 6.03 Å². The molecule has 0 aliphatic heterocycles. The van der Waals surface area contributed by atoms with Crippen molar-refractivity contribution in [3.63, 3.8) is 0 Å². The molecule has 3 N–H and O–H groups in total. The topological polar surface area (TPSA) is 67.5 Å². The Morgan fingerprint density at radius 3 is 2.40 bits per heavy atom. The molecule has 56 valence electrons. The standard InChI is InChI=1S/C6H11N3O/c1-4(2)5(3)8-9-6(7)10/h1H2,2-3H3,(H3,7,9,10)/b8-5+. The van der Waals surface area contributed by atoms with Gasteiger partial charge in [-0.2, -0.15) is 5.10 Å². The number of carbonyl (C=O) groups is 1. The van der Waals surface area contributed by atoms with Crippen LogP contribution in [0.2, 0.25) is 0 Å². The highest BCUT2D eigenvalue weighted by Gasteiger charge is 1.91. The highest BCUT2D eigenvalue weighted by molar-refractivity contribution is 5.97. The molecule has 4 nitrogen and oxygen atoms in total. The summed E-state index contributed by atoms with van der Waals surface area (Å²) < 4.78 is 0. The molecule has 10 heavy (non-hydrogen) atoms. The van der Waals surface area contributed by atoms with E-state index >= 15 is 0 Å². The molecule has 0 saturated heterocycles. The van der Waals surface area contributed by atoms with Gasteiger partial charge in [-0.25, -0.2) is 10.2 Å². The molecular formula is C6H11N3O. The van der Waals surface area contributed by atoms with Crippen LogP contribution in [0.1, 0.15) is 13.8 Å². The Morgan fingerprint density at radius 2 is 2.10 bits per heavy atom. The molecule has 0 bridgehead atoms. The summed E-state index contributed by atoms with van der Waals surface area (Å²) >= 11 is 0. The summed E-state index contributed by atoms with van der Waals surface area (Å²) in [5.74, 6) is 0. The molecule has 0 radical (unpaired) electrons. The average Bonchev–Trinajstić information content (AvgIpc) is 1.82. The minimum absolute atomic E-state index is 0.666. The number of primary amides is 1. The first kappa shape index (κ1) is 8.68. The van der Waals surface area contributed by atoms with E-state index in [2.05, 4.69) is 17.1 Å². The third kappa shape index (κ3) is 3.65. The van der Waals surface area contributed by atoms with Crippen LogP contribution in [0.5, 0.6) is 0 Å². The van der Waals surface area contributed by atoms with Crippen LogP contribution in [0.4, 0.5) is 4.79 Å². The molecule has 2 amide bonds. The summed E-state index contributed by atoms with van der Waals surface area (Å²) in [6.45, 7) is 7.14. The van der Waals surface area contributed by atoms with Crippen molar-refractivity contribution in [2.24, 2.45) is 10.8 Å². The lowest BCUT2D eigenvalue weighted by molar-refractivity contribution is 0.249. The summed E-state index contributed by atoms with van der Waals surface area (Å²) in [4.78, 5) is 10.1. The van der Waals surface area contributed by atoms with E-state index in [4.69, 9.17) is 5.73 Å². The number of hydrazone groups is 1. The number of rotatable bonds is 2. The molecule has 4 heteroatoms. The minimum Gasteiger partial charge on any atom is -0.350 e. The second-order valence-electron chi connectivity index (χ2n) is 1.95. The Balaban J connectivity index is 3.92. The molecule has 0 aliphatic rings. The number of carbonyl (C=O) groups excluding carboxylic acids is 1. The fourth-order valence-electron chi connectivity index (χ4n) is 0.234. The van der Waals surface area contributed by atoms with Crippen LogP contribution in [0.3, 0.4) is 0 Å². The highest BCUT2D eigenvalue weighted by atomic mass is 16.2. The van der Waals surface area contributed by atoms with Crippen molar-refractivity contribution < 1.29 is 4.79 Å². The van der Waals surface area contributed by atoms with E-state index in [1.807, 2.05) is 0 Å². The van der Waals surface area contributed by atoms with Crippen molar-refractivity contribution in [3.8, 4) is 0 Å². The maximum absolute atomic E-state index is 10.1. The Hall–Kier alpha value is -1.32. The van der Waals surface area contributed by atoms with Gasteiger partial charge in [-0.3, -0.25) is 0 Å². The highest BCUT2D eigenvalue weighted by Crippen LogP contribution is 1.89. The largest absolute Gasteiger partial charge is 0.350 e. The normalized spacial score (nSPS) is 10.8. The zero-order chi connectivity index (χ0) is 8.15.